The molecule has 0 saturated heterocycles. The number of fused-ring (bicyclic) bond motifs is 3. The van der Waals surface area contributed by atoms with Gasteiger partial charge >= 0.3 is 0 Å². The lowest BCUT2D eigenvalue weighted by molar-refractivity contribution is 0.104. The Morgan fingerprint density at radius 2 is 1.67 bits per heavy atom. The molecule has 30 heavy (non-hydrogen) atoms. The molecule has 0 fully saturated rings. The highest BCUT2D eigenvalue weighted by atomic mass is 16.5. The summed E-state index contributed by atoms with van der Waals surface area (Å²) in [5.74, 6) is 1.51. The summed E-state index contributed by atoms with van der Waals surface area (Å²) < 4.78 is 17.6. The molecule has 6 nitrogen and oxygen atoms in total. The molecule has 1 aliphatic rings. The smallest absolute Gasteiger partial charge is 0.196 e. The number of ketones is 1. The summed E-state index contributed by atoms with van der Waals surface area (Å²) in [4.78, 5) is 17.5. The monoisotopic (exact) mass is 404 g/mol. The average molecular weight is 404 g/mol. The molecule has 2 N–H and O–H groups in total. The summed E-state index contributed by atoms with van der Waals surface area (Å²) in [7, 11) is 0. The SMILES string of the molecule is CCOc1cc(OCC)c2c(c1N)C(=O)c1cccc(OCCc3ccccn3)c1-2. The van der Waals surface area contributed by atoms with Crippen molar-refractivity contribution >= 4 is 11.5 Å². The van der Waals surface area contributed by atoms with Gasteiger partial charge in [0.2, 0.25) is 0 Å². The van der Waals surface area contributed by atoms with E-state index in [1.807, 2.05) is 44.2 Å². The highest BCUT2D eigenvalue weighted by Gasteiger charge is 2.36. The molecule has 1 heterocycles. The van der Waals surface area contributed by atoms with Crippen molar-refractivity contribution in [1.82, 2.24) is 4.98 Å². The number of nitrogens with two attached hydrogens (primary N) is 1. The van der Waals surface area contributed by atoms with Crippen LogP contribution in [0.3, 0.4) is 0 Å². The number of benzene rings is 2. The first-order chi connectivity index (χ1) is 14.7. The first-order valence-corrected chi connectivity index (χ1v) is 10.1. The van der Waals surface area contributed by atoms with E-state index in [0.717, 1.165) is 11.3 Å². The van der Waals surface area contributed by atoms with E-state index in [0.29, 0.717) is 65.9 Å². The van der Waals surface area contributed by atoms with Crippen LogP contribution in [0.5, 0.6) is 17.2 Å². The number of anilines is 1. The maximum absolute atomic E-state index is 13.2. The van der Waals surface area contributed by atoms with E-state index >= 15 is 0 Å². The van der Waals surface area contributed by atoms with Gasteiger partial charge in [0.25, 0.3) is 0 Å². The van der Waals surface area contributed by atoms with Gasteiger partial charge in [0.05, 0.1) is 31.1 Å². The summed E-state index contributed by atoms with van der Waals surface area (Å²) >= 11 is 0. The van der Waals surface area contributed by atoms with Gasteiger partial charge in [-0.25, -0.2) is 0 Å². The van der Waals surface area contributed by atoms with Crippen molar-refractivity contribution in [3.05, 3.63) is 65.5 Å². The molecule has 1 aliphatic carbocycles. The molecule has 0 amide bonds. The van der Waals surface area contributed by atoms with Crippen molar-refractivity contribution in [1.29, 1.82) is 0 Å². The predicted molar refractivity (Wildman–Crippen MR) is 115 cm³/mol. The van der Waals surface area contributed by atoms with Crippen LogP contribution >= 0.6 is 0 Å². The van der Waals surface area contributed by atoms with Crippen molar-refractivity contribution in [2.45, 2.75) is 20.3 Å². The number of rotatable bonds is 8. The third-order valence-corrected chi connectivity index (χ3v) is 4.98. The number of carbonyl (C=O) groups is 1. The number of hydrogen-bond donors (Lipinski definition) is 1. The number of aromatic nitrogens is 1. The second-order valence-electron chi connectivity index (χ2n) is 6.83. The lowest BCUT2D eigenvalue weighted by Gasteiger charge is -2.17. The maximum Gasteiger partial charge on any atom is 0.196 e. The summed E-state index contributed by atoms with van der Waals surface area (Å²) in [6.07, 6.45) is 2.42. The summed E-state index contributed by atoms with van der Waals surface area (Å²) in [6.45, 7) is 5.10. The predicted octanol–water partition coefficient (Wildman–Crippen LogP) is 4.29. The summed E-state index contributed by atoms with van der Waals surface area (Å²) in [5.41, 5.74) is 9.97. The molecule has 1 aromatic heterocycles. The second-order valence-corrected chi connectivity index (χ2v) is 6.83. The standard InChI is InChI=1S/C24H24N2O4/c1-3-28-18-14-19(29-4-2)23(25)22-21(18)20-16(24(22)27)9-7-10-17(20)30-13-11-15-8-5-6-12-26-15/h5-10,12,14H,3-4,11,13,25H2,1-2H3. The molecule has 0 aliphatic heterocycles. The van der Waals surface area contributed by atoms with Gasteiger partial charge < -0.3 is 19.9 Å². The van der Waals surface area contributed by atoms with Crippen LogP contribution in [0.15, 0.2) is 48.7 Å². The van der Waals surface area contributed by atoms with E-state index in [2.05, 4.69) is 4.98 Å². The van der Waals surface area contributed by atoms with Crippen LogP contribution in [0.2, 0.25) is 0 Å². The van der Waals surface area contributed by atoms with Crippen LogP contribution in [0, 0.1) is 0 Å². The summed E-state index contributed by atoms with van der Waals surface area (Å²) in [6, 6.07) is 13.0. The van der Waals surface area contributed by atoms with E-state index in [1.165, 1.54) is 0 Å². The van der Waals surface area contributed by atoms with Crippen LogP contribution in [0.25, 0.3) is 11.1 Å². The fourth-order valence-corrected chi connectivity index (χ4v) is 3.72. The zero-order valence-corrected chi connectivity index (χ0v) is 17.1. The van der Waals surface area contributed by atoms with Gasteiger partial charge in [-0.3, -0.25) is 9.78 Å². The minimum atomic E-state index is -0.143. The first-order valence-electron chi connectivity index (χ1n) is 10.1. The van der Waals surface area contributed by atoms with Gasteiger partial charge in [0.15, 0.2) is 5.78 Å². The van der Waals surface area contributed by atoms with Gasteiger partial charge in [-0.1, -0.05) is 18.2 Å². The quantitative estimate of drug-likeness (QED) is 0.441. The number of pyridine rings is 1. The summed E-state index contributed by atoms with van der Waals surface area (Å²) in [5, 5.41) is 0. The molecule has 154 valence electrons. The van der Waals surface area contributed by atoms with Crippen molar-refractivity contribution in [2.24, 2.45) is 0 Å². The molecule has 3 aromatic rings. The van der Waals surface area contributed by atoms with Crippen LogP contribution < -0.4 is 19.9 Å². The van der Waals surface area contributed by atoms with Crippen LogP contribution in [0.4, 0.5) is 5.69 Å². The molecular weight excluding hydrogens is 380 g/mol. The fourth-order valence-electron chi connectivity index (χ4n) is 3.72. The van der Waals surface area contributed by atoms with Crippen LogP contribution in [-0.2, 0) is 6.42 Å². The zero-order valence-electron chi connectivity index (χ0n) is 17.1. The normalized spacial score (nSPS) is 11.7. The third kappa shape index (κ3) is 3.45. The Labute approximate surface area is 175 Å². The fraction of sp³-hybridized carbons (Fsp3) is 0.250. The maximum atomic E-state index is 13.2. The molecule has 4 rings (SSSR count). The number of carbonyl (C=O) groups excluding carboxylic acids is 1. The molecule has 0 atom stereocenters. The van der Waals surface area contributed by atoms with Crippen molar-refractivity contribution in [3.63, 3.8) is 0 Å². The highest BCUT2D eigenvalue weighted by molar-refractivity contribution is 6.26. The van der Waals surface area contributed by atoms with E-state index in [-0.39, 0.29) is 5.78 Å². The Kier molecular flexibility index (Phi) is 5.57. The second kappa shape index (κ2) is 8.45. The molecule has 6 heteroatoms. The molecule has 0 radical (unpaired) electrons. The van der Waals surface area contributed by atoms with E-state index < -0.39 is 0 Å². The number of nitrogens with zero attached hydrogens (tertiary/aromatic N) is 1. The number of hydrogen-bond acceptors (Lipinski definition) is 6. The molecule has 0 unspecified atom stereocenters. The molecular formula is C24H24N2O4. The van der Waals surface area contributed by atoms with Crippen molar-refractivity contribution in [3.8, 4) is 28.4 Å². The largest absolute Gasteiger partial charge is 0.493 e. The lowest BCUT2D eigenvalue weighted by Crippen LogP contribution is -2.06. The Balaban J connectivity index is 1.75. The Morgan fingerprint density at radius 3 is 2.40 bits per heavy atom. The number of ether oxygens (including phenoxy) is 3. The number of nitrogen functional groups attached to an aromatic ring is 1. The van der Waals surface area contributed by atoms with E-state index in [1.54, 1.807) is 18.3 Å². The molecule has 0 bridgehead atoms. The van der Waals surface area contributed by atoms with Crippen LogP contribution in [0.1, 0.15) is 35.5 Å². The van der Waals surface area contributed by atoms with Gasteiger partial charge in [0, 0.05) is 41.1 Å². The average Bonchev–Trinajstić information content (AvgIpc) is 3.06. The Hall–Kier alpha value is -3.54. The molecule has 2 aromatic carbocycles. The molecule has 0 saturated carbocycles. The highest BCUT2D eigenvalue weighted by Crippen LogP contribution is 2.51. The molecule has 0 spiro atoms. The first kappa shape index (κ1) is 19.8. The van der Waals surface area contributed by atoms with Crippen LogP contribution in [-0.4, -0.2) is 30.6 Å². The van der Waals surface area contributed by atoms with Gasteiger partial charge in [-0.05, 0) is 32.0 Å². The van der Waals surface area contributed by atoms with Crippen molar-refractivity contribution in [2.75, 3.05) is 25.6 Å². The van der Waals surface area contributed by atoms with Gasteiger partial charge in [-0.15, -0.1) is 0 Å². The minimum Gasteiger partial charge on any atom is -0.493 e. The Bertz CT molecular complexity index is 1080. The van der Waals surface area contributed by atoms with Crippen molar-refractivity contribution < 1.29 is 19.0 Å². The lowest BCUT2D eigenvalue weighted by atomic mass is 10.0. The Morgan fingerprint density at radius 1 is 0.867 bits per heavy atom. The van der Waals surface area contributed by atoms with Gasteiger partial charge in [-0.2, -0.15) is 0 Å². The minimum absolute atomic E-state index is 0.143. The van der Waals surface area contributed by atoms with E-state index in [4.69, 9.17) is 19.9 Å². The van der Waals surface area contributed by atoms with Gasteiger partial charge in [0.1, 0.15) is 17.2 Å². The third-order valence-electron chi connectivity index (χ3n) is 4.98. The topological polar surface area (TPSA) is 83.7 Å². The van der Waals surface area contributed by atoms with E-state index in [9.17, 15) is 4.79 Å². The zero-order chi connectivity index (χ0) is 21.1.